The summed E-state index contributed by atoms with van der Waals surface area (Å²) < 4.78 is 13.7. The van der Waals surface area contributed by atoms with Crippen molar-refractivity contribution in [3.8, 4) is 0 Å². The van der Waals surface area contributed by atoms with Crippen molar-refractivity contribution < 1.29 is 14.0 Å². The predicted molar refractivity (Wildman–Crippen MR) is 103 cm³/mol. The van der Waals surface area contributed by atoms with Crippen molar-refractivity contribution in [1.29, 1.82) is 0 Å². The van der Waals surface area contributed by atoms with Crippen molar-refractivity contribution in [3.05, 3.63) is 95.3 Å². The highest BCUT2D eigenvalue weighted by Crippen LogP contribution is 2.28. The van der Waals surface area contributed by atoms with Gasteiger partial charge in [-0.15, -0.1) is 0 Å². The summed E-state index contributed by atoms with van der Waals surface area (Å²) in [6.45, 7) is 0.647. The van der Waals surface area contributed by atoms with E-state index in [1.807, 2.05) is 24.3 Å². The van der Waals surface area contributed by atoms with Gasteiger partial charge in [0.15, 0.2) is 0 Å². The van der Waals surface area contributed by atoms with Crippen LogP contribution in [-0.2, 0) is 6.42 Å². The second kappa shape index (κ2) is 7.03. The molecule has 0 bridgehead atoms. The summed E-state index contributed by atoms with van der Waals surface area (Å²) in [4.78, 5) is 26.9. The number of hydrogen-bond donors (Lipinski definition) is 1. The first-order valence-corrected chi connectivity index (χ1v) is 8.69. The van der Waals surface area contributed by atoms with Crippen LogP contribution in [0.2, 0.25) is 0 Å². The Morgan fingerprint density at radius 2 is 1.52 bits per heavy atom. The van der Waals surface area contributed by atoms with Gasteiger partial charge in [0.1, 0.15) is 5.82 Å². The highest BCUT2D eigenvalue weighted by Gasteiger charge is 2.25. The minimum Gasteiger partial charge on any atom is -0.319 e. The Balaban J connectivity index is 1.50. The van der Waals surface area contributed by atoms with E-state index >= 15 is 0 Å². The monoisotopic (exact) mass is 360 g/mol. The summed E-state index contributed by atoms with van der Waals surface area (Å²) in [6, 6.07) is 20.2. The molecule has 3 aromatic rings. The van der Waals surface area contributed by atoms with Crippen LogP contribution in [0.4, 0.5) is 15.8 Å². The molecule has 1 heterocycles. The lowest BCUT2D eigenvalue weighted by atomic mass is 10.1. The molecule has 1 aliphatic heterocycles. The van der Waals surface area contributed by atoms with Gasteiger partial charge in [-0.05, 0) is 54.4 Å². The first-order valence-electron chi connectivity index (χ1n) is 8.69. The number of fused-ring (bicyclic) bond motifs is 1. The van der Waals surface area contributed by atoms with Crippen LogP contribution < -0.4 is 10.2 Å². The topological polar surface area (TPSA) is 49.4 Å². The lowest BCUT2D eigenvalue weighted by molar-refractivity contribution is 0.0986. The summed E-state index contributed by atoms with van der Waals surface area (Å²) in [7, 11) is 0. The van der Waals surface area contributed by atoms with E-state index in [-0.39, 0.29) is 11.6 Å². The summed E-state index contributed by atoms with van der Waals surface area (Å²) in [5, 5.41) is 2.53. The summed E-state index contributed by atoms with van der Waals surface area (Å²) in [5.41, 5.74) is 3.08. The summed E-state index contributed by atoms with van der Waals surface area (Å²) in [5.74, 6) is -1.02. The molecule has 4 rings (SSSR count). The van der Waals surface area contributed by atoms with Crippen molar-refractivity contribution in [2.24, 2.45) is 0 Å². The maximum atomic E-state index is 13.7. The van der Waals surface area contributed by atoms with E-state index in [4.69, 9.17) is 0 Å². The number of carbonyl (C=O) groups excluding carboxylic acids is 2. The second-order valence-electron chi connectivity index (χ2n) is 6.35. The van der Waals surface area contributed by atoms with E-state index in [2.05, 4.69) is 5.32 Å². The quantitative estimate of drug-likeness (QED) is 0.758. The molecular weight excluding hydrogens is 343 g/mol. The van der Waals surface area contributed by atoms with E-state index in [0.717, 1.165) is 17.7 Å². The molecule has 0 atom stereocenters. The largest absolute Gasteiger partial charge is 0.319 e. The molecule has 0 aromatic heterocycles. The Morgan fingerprint density at radius 3 is 2.30 bits per heavy atom. The first-order chi connectivity index (χ1) is 13.1. The number of nitrogens with zero attached hydrogens (tertiary/aromatic N) is 1. The smallest absolute Gasteiger partial charge is 0.258 e. The molecule has 3 aromatic carbocycles. The van der Waals surface area contributed by atoms with E-state index in [0.29, 0.717) is 17.7 Å². The Morgan fingerprint density at radius 1 is 0.852 bits per heavy atom. The van der Waals surface area contributed by atoms with Crippen LogP contribution in [0.5, 0.6) is 0 Å². The highest BCUT2D eigenvalue weighted by atomic mass is 19.1. The van der Waals surface area contributed by atoms with E-state index in [1.165, 1.54) is 12.1 Å². The van der Waals surface area contributed by atoms with Crippen molar-refractivity contribution in [1.82, 2.24) is 0 Å². The van der Waals surface area contributed by atoms with Crippen LogP contribution >= 0.6 is 0 Å². The van der Waals surface area contributed by atoms with Crippen molar-refractivity contribution in [2.75, 3.05) is 16.8 Å². The van der Waals surface area contributed by atoms with E-state index in [1.54, 1.807) is 41.3 Å². The molecular formula is C22H17FN2O2. The molecule has 0 spiro atoms. The van der Waals surface area contributed by atoms with Crippen LogP contribution in [0.25, 0.3) is 0 Å². The fourth-order valence-electron chi connectivity index (χ4n) is 3.23. The number of carbonyl (C=O) groups is 2. The van der Waals surface area contributed by atoms with E-state index < -0.39 is 11.7 Å². The van der Waals surface area contributed by atoms with Gasteiger partial charge in [0.2, 0.25) is 0 Å². The highest BCUT2D eigenvalue weighted by molar-refractivity contribution is 6.09. The van der Waals surface area contributed by atoms with Crippen LogP contribution in [0.15, 0.2) is 72.8 Å². The maximum absolute atomic E-state index is 13.7. The third-order valence-electron chi connectivity index (χ3n) is 4.65. The Hall–Kier alpha value is -3.47. The van der Waals surface area contributed by atoms with Crippen molar-refractivity contribution >= 4 is 23.2 Å². The number of halogens is 1. The Kier molecular flexibility index (Phi) is 4.42. The lowest BCUT2D eigenvalue weighted by Gasteiger charge is -2.17. The third-order valence-corrected chi connectivity index (χ3v) is 4.65. The zero-order valence-electron chi connectivity index (χ0n) is 14.5. The summed E-state index contributed by atoms with van der Waals surface area (Å²) >= 11 is 0. The molecule has 0 saturated carbocycles. The number of nitrogens with one attached hydrogen (secondary N) is 1. The predicted octanol–water partition coefficient (Wildman–Crippen LogP) is 4.28. The van der Waals surface area contributed by atoms with Gasteiger partial charge in [-0.2, -0.15) is 0 Å². The molecule has 27 heavy (non-hydrogen) atoms. The summed E-state index contributed by atoms with van der Waals surface area (Å²) in [6.07, 6.45) is 0.838. The Bertz CT molecular complexity index is 1010. The van der Waals surface area contributed by atoms with Gasteiger partial charge >= 0.3 is 0 Å². The fraction of sp³-hybridized carbons (Fsp3) is 0.0909. The number of hydrogen-bond acceptors (Lipinski definition) is 2. The standard InChI is InChI=1S/C22H17FN2O2/c23-18-6-2-3-7-19(18)24-21(26)16-9-11-17(12-10-16)22(27)25-14-13-15-5-1-4-8-20(15)25/h1-12H,13-14H2,(H,24,26). The molecule has 0 radical (unpaired) electrons. The fourth-order valence-corrected chi connectivity index (χ4v) is 3.23. The number of rotatable bonds is 3. The minimum atomic E-state index is -0.495. The SMILES string of the molecule is O=C(Nc1ccccc1F)c1ccc(C(=O)N2CCc3ccccc32)cc1. The first kappa shape index (κ1) is 17.0. The number of benzene rings is 3. The van der Waals surface area contributed by atoms with Gasteiger partial charge in [0.05, 0.1) is 5.69 Å². The molecule has 1 aliphatic rings. The van der Waals surface area contributed by atoms with Crippen molar-refractivity contribution in [2.45, 2.75) is 6.42 Å². The zero-order valence-corrected chi connectivity index (χ0v) is 14.5. The molecule has 0 unspecified atom stereocenters. The van der Waals surface area contributed by atoms with Gasteiger partial charge in [-0.3, -0.25) is 9.59 Å². The maximum Gasteiger partial charge on any atom is 0.258 e. The molecule has 0 saturated heterocycles. The van der Waals surface area contributed by atoms with Gasteiger partial charge in [0.25, 0.3) is 11.8 Å². The molecule has 5 heteroatoms. The Labute approximate surface area is 156 Å². The van der Waals surface area contributed by atoms with Gasteiger partial charge in [-0.1, -0.05) is 30.3 Å². The number of para-hydroxylation sites is 2. The van der Waals surface area contributed by atoms with E-state index in [9.17, 15) is 14.0 Å². The molecule has 0 aliphatic carbocycles. The van der Waals surface area contributed by atoms with Crippen LogP contribution in [0.3, 0.4) is 0 Å². The number of amides is 2. The van der Waals surface area contributed by atoms with Crippen LogP contribution in [0, 0.1) is 5.82 Å². The van der Waals surface area contributed by atoms with Gasteiger partial charge in [-0.25, -0.2) is 4.39 Å². The van der Waals surface area contributed by atoms with Crippen molar-refractivity contribution in [3.63, 3.8) is 0 Å². The second-order valence-corrected chi connectivity index (χ2v) is 6.35. The molecule has 0 fully saturated rings. The minimum absolute atomic E-state index is 0.0963. The molecule has 2 amide bonds. The molecule has 134 valence electrons. The normalized spacial score (nSPS) is 12.6. The van der Waals surface area contributed by atoms with Crippen LogP contribution in [-0.4, -0.2) is 18.4 Å². The van der Waals surface area contributed by atoms with Crippen LogP contribution in [0.1, 0.15) is 26.3 Å². The average Bonchev–Trinajstić information content (AvgIpc) is 3.13. The number of anilines is 2. The third kappa shape index (κ3) is 3.31. The van der Waals surface area contributed by atoms with Gasteiger partial charge < -0.3 is 10.2 Å². The molecule has 4 nitrogen and oxygen atoms in total. The molecule has 1 N–H and O–H groups in total. The lowest BCUT2D eigenvalue weighted by Crippen LogP contribution is -2.28. The average molecular weight is 360 g/mol. The van der Waals surface area contributed by atoms with Gasteiger partial charge in [0, 0.05) is 23.4 Å². The zero-order chi connectivity index (χ0) is 18.8.